The summed E-state index contributed by atoms with van der Waals surface area (Å²) in [5, 5.41) is 13.6. The van der Waals surface area contributed by atoms with Crippen LogP contribution in [0, 0.1) is 11.7 Å². The van der Waals surface area contributed by atoms with Crippen molar-refractivity contribution in [3.05, 3.63) is 65.1 Å². The fourth-order valence-corrected chi connectivity index (χ4v) is 2.86. The Morgan fingerprint density at radius 2 is 1.93 bits per heavy atom. The molecule has 0 spiro atoms. The Morgan fingerprint density at radius 3 is 2.56 bits per heavy atom. The van der Waals surface area contributed by atoms with Gasteiger partial charge in [-0.25, -0.2) is 4.39 Å². The summed E-state index contributed by atoms with van der Waals surface area (Å²) in [6, 6.07) is 9.22. The zero-order valence-corrected chi connectivity index (χ0v) is 14.3. The molecule has 0 bridgehead atoms. The van der Waals surface area contributed by atoms with Crippen LogP contribution < -0.4 is 0 Å². The van der Waals surface area contributed by atoms with Crippen LogP contribution >= 0.6 is 0 Å². The molecular weight excluding hydrogens is 364 g/mol. The fourth-order valence-electron chi connectivity index (χ4n) is 2.86. The molecule has 1 unspecified atom stereocenters. The van der Waals surface area contributed by atoms with Crippen molar-refractivity contribution in [2.45, 2.75) is 26.1 Å². The van der Waals surface area contributed by atoms with E-state index in [1.807, 2.05) is 0 Å². The summed E-state index contributed by atoms with van der Waals surface area (Å²) in [6.07, 6.45) is -4.56. The summed E-state index contributed by atoms with van der Waals surface area (Å²) in [6.45, 7) is 1.48. The lowest BCUT2D eigenvalue weighted by Crippen LogP contribution is -2.13. The minimum Gasteiger partial charge on any atom is -0.481 e. The molecule has 1 heterocycles. The Balaban J connectivity index is 2.11. The van der Waals surface area contributed by atoms with E-state index in [0.29, 0.717) is 11.1 Å². The number of nitrogens with zero attached hydrogens (tertiary/aromatic N) is 2. The molecule has 8 heteroatoms. The third-order valence-electron chi connectivity index (χ3n) is 4.35. The molecule has 0 aliphatic carbocycles. The highest BCUT2D eigenvalue weighted by atomic mass is 19.4. The first-order valence-electron chi connectivity index (χ1n) is 8.19. The number of halogens is 4. The maximum absolute atomic E-state index is 14.0. The molecule has 0 radical (unpaired) electrons. The lowest BCUT2D eigenvalue weighted by atomic mass is 10.0. The van der Waals surface area contributed by atoms with Crippen LogP contribution in [-0.4, -0.2) is 20.9 Å². The van der Waals surface area contributed by atoms with Crippen LogP contribution in [0.3, 0.4) is 0 Å². The third kappa shape index (κ3) is 3.94. The van der Waals surface area contributed by atoms with E-state index in [9.17, 15) is 22.4 Å². The molecule has 1 aromatic heterocycles. The minimum absolute atomic E-state index is 0.0238. The zero-order chi connectivity index (χ0) is 19.8. The summed E-state index contributed by atoms with van der Waals surface area (Å²) in [7, 11) is 0. The van der Waals surface area contributed by atoms with E-state index in [2.05, 4.69) is 5.10 Å². The highest BCUT2D eigenvalue weighted by Crippen LogP contribution is 2.33. The molecule has 0 amide bonds. The van der Waals surface area contributed by atoms with Crippen molar-refractivity contribution in [3.8, 4) is 0 Å². The molecule has 1 atom stereocenters. The maximum atomic E-state index is 14.0. The molecule has 3 rings (SSSR count). The number of carbonyl (C=O) groups is 1. The van der Waals surface area contributed by atoms with E-state index in [1.165, 1.54) is 29.8 Å². The third-order valence-corrected chi connectivity index (χ3v) is 4.35. The number of benzene rings is 2. The fraction of sp³-hybridized carbons (Fsp3) is 0.263. The van der Waals surface area contributed by atoms with Crippen molar-refractivity contribution in [3.63, 3.8) is 0 Å². The maximum Gasteiger partial charge on any atom is 0.416 e. The molecule has 27 heavy (non-hydrogen) atoms. The molecule has 0 aliphatic heterocycles. The van der Waals surface area contributed by atoms with Crippen LogP contribution in [0.25, 0.3) is 10.9 Å². The number of aromatic nitrogens is 2. The van der Waals surface area contributed by atoms with Crippen LogP contribution in [0.2, 0.25) is 0 Å². The van der Waals surface area contributed by atoms with Crippen molar-refractivity contribution < 1.29 is 27.5 Å². The van der Waals surface area contributed by atoms with Gasteiger partial charge >= 0.3 is 12.1 Å². The molecular formula is C19H16F4N2O2. The van der Waals surface area contributed by atoms with Gasteiger partial charge in [-0.3, -0.25) is 9.48 Å². The topological polar surface area (TPSA) is 55.1 Å². The SMILES string of the molecule is CC(Cc1nn(Cc2ccccc2F)c2ccc(C(F)(F)F)cc12)C(=O)O. The van der Waals surface area contributed by atoms with E-state index < -0.39 is 29.4 Å². The predicted octanol–water partition coefficient (Wildman–Crippen LogP) is 4.51. The van der Waals surface area contributed by atoms with Gasteiger partial charge in [0.25, 0.3) is 0 Å². The first kappa shape index (κ1) is 18.9. The average molecular weight is 380 g/mol. The van der Waals surface area contributed by atoms with Crippen LogP contribution in [-0.2, 0) is 23.9 Å². The number of fused-ring (bicyclic) bond motifs is 1. The Labute approximate surface area is 152 Å². The summed E-state index contributed by atoms with van der Waals surface area (Å²) in [5.74, 6) is -2.34. The van der Waals surface area contributed by atoms with Crippen molar-refractivity contribution in [1.82, 2.24) is 9.78 Å². The number of hydrogen-bond donors (Lipinski definition) is 1. The van der Waals surface area contributed by atoms with E-state index in [0.717, 1.165) is 12.1 Å². The van der Waals surface area contributed by atoms with Gasteiger partial charge in [-0.15, -0.1) is 0 Å². The lowest BCUT2D eigenvalue weighted by Gasteiger charge is -2.08. The second-order valence-corrected chi connectivity index (χ2v) is 6.37. The molecule has 0 aliphatic rings. The number of carboxylic acids is 1. The van der Waals surface area contributed by atoms with Crippen molar-refractivity contribution in [2.75, 3.05) is 0 Å². The van der Waals surface area contributed by atoms with Crippen LogP contribution in [0.4, 0.5) is 17.6 Å². The highest BCUT2D eigenvalue weighted by Gasteiger charge is 2.31. The molecule has 3 aromatic rings. The van der Waals surface area contributed by atoms with Gasteiger partial charge in [0, 0.05) is 17.4 Å². The van der Waals surface area contributed by atoms with E-state index in [-0.39, 0.29) is 24.0 Å². The van der Waals surface area contributed by atoms with Gasteiger partial charge in [-0.05, 0) is 24.3 Å². The van der Waals surface area contributed by atoms with Gasteiger partial charge in [0.2, 0.25) is 0 Å². The smallest absolute Gasteiger partial charge is 0.416 e. The first-order chi connectivity index (χ1) is 12.7. The Morgan fingerprint density at radius 1 is 1.22 bits per heavy atom. The average Bonchev–Trinajstić information content (AvgIpc) is 2.93. The van der Waals surface area contributed by atoms with Crippen molar-refractivity contribution in [2.24, 2.45) is 5.92 Å². The quantitative estimate of drug-likeness (QED) is 0.663. The largest absolute Gasteiger partial charge is 0.481 e. The monoisotopic (exact) mass is 380 g/mol. The van der Waals surface area contributed by atoms with E-state index in [1.54, 1.807) is 12.1 Å². The summed E-state index contributed by atoms with van der Waals surface area (Å²) >= 11 is 0. The summed E-state index contributed by atoms with van der Waals surface area (Å²) < 4.78 is 54.6. The van der Waals surface area contributed by atoms with Crippen molar-refractivity contribution >= 4 is 16.9 Å². The molecule has 0 saturated carbocycles. The van der Waals surface area contributed by atoms with Crippen molar-refractivity contribution in [1.29, 1.82) is 0 Å². The molecule has 4 nitrogen and oxygen atoms in total. The van der Waals surface area contributed by atoms with E-state index in [4.69, 9.17) is 5.11 Å². The van der Waals surface area contributed by atoms with Gasteiger partial charge in [-0.2, -0.15) is 18.3 Å². The molecule has 1 N–H and O–H groups in total. The minimum atomic E-state index is -4.53. The number of hydrogen-bond acceptors (Lipinski definition) is 2. The van der Waals surface area contributed by atoms with Crippen LogP contribution in [0.1, 0.15) is 23.7 Å². The second-order valence-electron chi connectivity index (χ2n) is 6.37. The second kappa shape index (κ2) is 7.02. The Bertz CT molecular complexity index is 995. The van der Waals surface area contributed by atoms with Crippen LogP contribution in [0.5, 0.6) is 0 Å². The first-order valence-corrected chi connectivity index (χ1v) is 8.19. The number of carboxylic acid groups (broad SMARTS) is 1. The van der Waals surface area contributed by atoms with Gasteiger partial charge in [-0.1, -0.05) is 25.1 Å². The zero-order valence-electron chi connectivity index (χ0n) is 14.3. The Kier molecular flexibility index (Phi) is 4.91. The normalized spacial score (nSPS) is 13.1. The Hall–Kier alpha value is -2.90. The van der Waals surface area contributed by atoms with Gasteiger partial charge in [0.1, 0.15) is 5.82 Å². The number of aliphatic carboxylic acids is 1. The van der Waals surface area contributed by atoms with Crippen LogP contribution in [0.15, 0.2) is 42.5 Å². The van der Waals surface area contributed by atoms with Gasteiger partial charge in [0.05, 0.1) is 29.2 Å². The molecule has 2 aromatic carbocycles. The van der Waals surface area contributed by atoms with E-state index >= 15 is 0 Å². The summed E-state index contributed by atoms with van der Waals surface area (Å²) in [4.78, 5) is 11.1. The molecule has 0 fully saturated rings. The standard InChI is InChI=1S/C19H16F4N2O2/c1-11(18(26)27)8-16-14-9-13(19(21,22)23)6-7-17(14)25(24-16)10-12-4-2-3-5-15(12)20/h2-7,9,11H,8,10H2,1H3,(H,26,27). The van der Waals surface area contributed by atoms with Gasteiger partial charge in [0.15, 0.2) is 0 Å². The molecule has 0 saturated heterocycles. The van der Waals surface area contributed by atoms with Gasteiger partial charge < -0.3 is 5.11 Å². The summed E-state index contributed by atoms with van der Waals surface area (Å²) in [5.41, 5.74) is 0.116. The lowest BCUT2D eigenvalue weighted by molar-refractivity contribution is -0.141. The highest BCUT2D eigenvalue weighted by molar-refractivity contribution is 5.83. The number of rotatable bonds is 5. The predicted molar refractivity (Wildman–Crippen MR) is 90.7 cm³/mol. The molecule has 142 valence electrons. The number of alkyl halides is 3.